The standard InChI is InChI=1S/C26H26F3N7O3/c1-14-10-17(12-32-23(14)30)21-22(39-24(36-21)16-4-6-18(7-5-16)26(27,28)29)19-8-9-31-25(35-19)33-11-15(2)34-20(37)13-38-3/h4-10,12,15H,11,13H2,1-3H3,(H2,30,32)(H,34,37)(H,31,33,35)/t15-/m0/s1. The zero-order chi connectivity index (χ0) is 28.2. The molecule has 1 aromatic carbocycles. The first-order valence-electron chi connectivity index (χ1n) is 11.8. The number of hydrogen-bond donors (Lipinski definition) is 3. The number of aromatic nitrogens is 4. The van der Waals surface area contributed by atoms with Gasteiger partial charge in [0.15, 0.2) is 5.76 Å². The quantitative estimate of drug-likeness (QED) is 0.282. The Hall–Kier alpha value is -4.52. The number of hydrogen-bond acceptors (Lipinski definition) is 9. The van der Waals surface area contributed by atoms with Crippen LogP contribution in [-0.2, 0) is 15.7 Å². The third-order valence-corrected chi connectivity index (χ3v) is 5.62. The van der Waals surface area contributed by atoms with E-state index >= 15 is 0 Å². The van der Waals surface area contributed by atoms with E-state index in [1.54, 1.807) is 19.1 Å². The van der Waals surface area contributed by atoms with Crippen LogP contribution in [0, 0.1) is 6.92 Å². The van der Waals surface area contributed by atoms with E-state index < -0.39 is 11.7 Å². The number of carbonyl (C=O) groups is 1. The number of nitrogen functional groups attached to an aromatic ring is 1. The average molecular weight is 542 g/mol. The minimum atomic E-state index is -4.47. The number of oxazole rings is 1. The molecule has 0 radical (unpaired) electrons. The van der Waals surface area contributed by atoms with Gasteiger partial charge in [0, 0.05) is 43.2 Å². The second-order valence-electron chi connectivity index (χ2n) is 8.75. The fraction of sp³-hybridized carbons (Fsp3) is 0.269. The lowest BCUT2D eigenvalue weighted by molar-refractivity contribution is -0.137. The molecule has 0 aliphatic rings. The summed E-state index contributed by atoms with van der Waals surface area (Å²) in [6.45, 7) is 3.89. The van der Waals surface area contributed by atoms with Gasteiger partial charge in [-0.2, -0.15) is 13.2 Å². The van der Waals surface area contributed by atoms with E-state index in [2.05, 4.69) is 30.6 Å². The van der Waals surface area contributed by atoms with Crippen molar-refractivity contribution in [1.82, 2.24) is 25.3 Å². The van der Waals surface area contributed by atoms with Crippen LogP contribution < -0.4 is 16.4 Å². The number of carbonyl (C=O) groups excluding carboxylic acids is 1. The molecule has 4 N–H and O–H groups in total. The number of amides is 1. The van der Waals surface area contributed by atoms with Gasteiger partial charge in [0.25, 0.3) is 0 Å². The number of benzene rings is 1. The van der Waals surface area contributed by atoms with Gasteiger partial charge in [-0.3, -0.25) is 4.79 Å². The SMILES string of the molecule is COCC(=O)N[C@@H](C)CNc1nccc(-c2oc(-c3ccc(C(F)(F)F)cc3)nc2-c2cnc(N)c(C)c2)n1. The summed E-state index contributed by atoms with van der Waals surface area (Å²) in [4.78, 5) is 29.2. The van der Waals surface area contributed by atoms with Gasteiger partial charge in [0.1, 0.15) is 23.8 Å². The number of pyridine rings is 1. The van der Waals surface area contributed by atoms with Crippen LogP contribution in [0.15, 0.2) is 53.2 Å². The number of anilines is 2. The van der Waals surface area contributed by atoms with Crippen LogP contribution in [0.2, 0.25) is 0 Å². The second kappa shape index (κ2) is 11.5. The topological polar surface area (TPSA) is 141 Å². The summed E-state index contributed by atoms with van der Waals surface area (Å²) in [7, 11) is 1.43. The zero-order valence-electron chi connectivity index (χ0n) is 21.3. The van der Waals surface area contributed by atoms with Crippen molar-refractivity contribution in [3.8, 4) is 34.2 Å². The normalized spacial score (nSPS) is 12.3. The van der Waals surface area contributed by atoms with Gasteiger partial charge in [0.05, 0.1) is 5.56 Å². The van der Waals surface area contributed by atoms with Crippen molar-refractivity contribution >= 4 is 17.7 Å². The van der Waals surface area contributed by atoms with Crippen molar-refractivity contribution in [1.29, 1.82) is 0 Å². The summed E-state index contributed by atoms with van der Waals surface area (Å²) in [5.41, 5.74) is 7.50. The van der Waals surface area contributed by atoms with Crippen LogP contribution in [0.5, 0.6) is 0 Å². The summed E-state index contributed by atoms with van der Waals surface area (Å²) in [5.74, 6) is 0.738. The summed E-state index contributed by atoms with van der Waals surface area (Å²) in [6, 6.07) is 7.68. The van der Waals surface area contributed by atoms with Crippen LogP contribution in [0.1, 0.15) is 18.1 Å². The summed E-state index contributed by atoms with van der Waals surface area (Å²) >= 11 is 0. The highest BCUT2D eigenvalue weighted by Crippen LogP contribution is 2.37. The minimum Gasteiger partial charge on any atom is -0.434 e. The Morgan fingerprint density at radius 1 is 1.13 bits per heavy atom. The molecule has 0 bridgehead atoms. The molecule has 1 amide bonds. The fourth-order valence-electron chi connectivity index (χ4n) is 3.64. The monoisotopic (exact) mass is 541 g/mol. The third kappa shape index (κ3) is 6.68. The Kier molecular flexibility index (Phi) is 8.10. The van der Waals surface area contributed by atoms with E-state index in [1.807, 2.05) is 6.92 Å². The first-order chi connectivity index (χ1) is 18.5. The van der Waals surface area contributed by atoms with Crippen molar-refractivity contribution in [3.05, 3.63) is 59.9 Å². The van der Waals surface area contributed by atoms with Crippen molar-refractivity contribution < 1.29 is 27.1 Å². The number of nitrogens with one attached hydrogen (secondary N) is 2. The Morgan fingerprint density at radius 2 is 1.87 bits per heavy atom. The fourth-order valence-corrected chi connectivity index (χ4v) is 3.64. The van der Waals surface area contributed by atoms with E-state index in [-0.39, 0.29) is 36.2 Å². The van der Waals surface area contributed by atoms with Gasteiger partial charge in [-0.05, 0) is 55.8 Å². The maximum absolute atomic E-state index is 13.0. The highest BCUT2D eigenvalue weighted by atomic mass is 19.4. The average Bonchev–Trinajstić information content (AvgIpc) is 3.35. The number of aryl methyl sites for hydroxylation is 1. The molecule has 0 spiro atoms. The van der Waals surface area contributed by atoms with Gasteiger partial charge in [-0.15, -0.1) is 0 Å². The number of nitrogens with two attached hydrogens (primary N) is 1. The van der Waals surface area contributed by atoms with Crippen LogP contribution in [-0.4, -0.2) is 52.1 Å². The lowest BCUT2D eigenvalue weighted by Crippen LogP contribution is -2.39. The molecule has 4 rings (SSSR count). The molecule has 39 heavy (non-hydrogen) atoms. The largest absolute Gasteiger partial charge is 0.434 e. The summed E-state index contributed by atoms with van der Waals surface area (Å²) < 4.78 is 50.0. The molecule has 0 aliphatic heterocycles. The maximum Gasteiger partial charge on any atom is 0.416 e. The predicted octanol–water partition coefficient (Wildman–Crippen LogP) is 4.33. The van der Waals surface area contributed by atoms with Gasteiger partial charge >= 0.3 is 6.18 Å². The molecular formula is C26H26F3N7O3. The van der Waals surface area contributed by atoms with Crippen LogP contribution in [0.25, 0.3) is 34.2 Å². The lowest BCUT2D eigenvalue weighted by Gasteiger charge is -2.14. The van der Waals surface area contributed by atoms with E-state index in [4.69, 9.17) is 14.9 Å². The lowest BCUT2D eigenvalue weighted by atomic mass is 10.1. The van der Waals surface area contributed by atoms with E-state index in [0.717, 1.165) is 12.1 Å². The highest BCUT2D eigenvalue weighted by Gasteiger charge is 2.30. The molecule has 0 saturated carbocycles. The first-order valence-corrected chi connectivity index (χ1v) is 11.8. The molecule has 3 aromatic heterocycles. The second-order valence-corrected chi connectivity index (χ2v) is 8.75. The summed E-state index contributed by atoms with van der Waals surface area (Å²) in [5, 5.41) is 5.84. The molecule has 0 saturated heterocycles. The molecule has 0 fully saturated rings. The van der Waals surface area contributed by atoms with Gasteiger partial charge in [-0.1, -0.05) is 0 Å². The number of rotatable bonds is 9. The molecule has 1 atom stereocenters. The Morgan fingerprint density at radius 3 is 2.54 bits per heavy atom. The third-order valence-electron chi connectivity index (χ3n) is 5.62. The molecule has 10 nitrogen and oxygen atoms in total. The smallest absolute Gasteiger partial charge is 0.416 e. The number of alkyl halides is 3. The molecule has 13 heteroatoms. The van der Waals surface area contributed by atoms with Crippen molar-refractivity contribution in [3.63, 3.8) is 0 Å². The van der Waals surface area contributed by atoms with Gasteiger partial charge in [0.2, 0.25) is 17.7 Å². The molecule has 0 unspecified atom stereocenters. The van der Waals surface area contributed by atoms with Gasteiger partial charge < -0.3 is 25.5 Å². The van der Waals surface area contributed by atoms with Crippen LogP contribution in [0.3, 0.4) is 0 Å². The van der Waals surface area contributed by atoms with Crippen molar-refractivity contribution in [2.24, 2.45) is 0 Å². The Labute approximate surface area is 221 Å². The summed E-state index contributed by atoms with van der Waals surface area (Å²) in [6.07, 6.45) is -1.41. The maximum atomic E-state index is 13.0. The predicted molar refractivity (Wildman–Crippen MR) is 138 cm³/mol. The molecular weight excluding hydrogens is 515 g/mol. The Balaban J connectivity index is 1.68. The number of methoxy groups -OCH3 is 1. The Bertz CT molecular complexity index is 1460. The highest BCUT2D eigenvalue weighted by molar-refractivity contribution is 5.78. The van der Waals surface area contributed by atoms with E-state index in [0.29, 0.717) is 40.4 Å². The van der Waals surface area contributed by atoms with Crippen LogP contribution in [0.4, 0.5) is 24.9 Å². The number of nitrogens with zero attached hydrogens (tertiary/aromatic N) is 4. The minimum absolute atomic E-state index is 0.0503. The molecule has 204 valence electrons. The van der Waals surface area contributed by atoms with Crippen LogP contribution >= 0.6 is 0 Å². The van der Waals surface area contributed by atoms with Crippen molar-refractivity contribution in [2.75, 3.05) is 31.3 Å². The van der Waals surface area contributed by atoms with E-state index in [9.17, 15) is 18.0 Å². The first kappa shape index (κ1) is 27.5. The van der Waals surface area contributed by atoms with Gasteiger partial charge in [-0.25, -0.2) is 19.9 Å². The molecule has 0 aliphatic carbocycles. The number of ether oxygens (including phenoxy) is 1. The van der Waals surface area contributed by atoms with Crippen molar-refractivity contribution in [2.45, 2.75) is 26.1 Å². The zero-order valence-corrected chi connectivity index (χ0v) is 21.3. The molecule has 4 aromatic rings. The number of halogens is 3. The van der Waals surface area contributed by atoms with E-state index in [1.165, 1.54) is 31.6 Å². The molecule has 3 heterocycles.